The van der Waals surface area contributed by atoms with Crippen molar-refractivity contribution in [1.29, 1.82) is 0 Å². The fraction of sp³-hybridized carbons (Fsp3) is 0.200. The molecule has 0 N–H and O–H groups in total. The maximum Gasteiger partial charge on any atom is 0.0511 e. The van der Waals surface area contributed by atoms with E-state index in [1.807, 2.05) is 19.2 Å². The molecule has 13 heavy (non-hydrogen) atoms. The Hall–Kier alpha value is -0.470. The summed E-state index contributed by atoms with van der Waals surface area (Å²) in [5.41, 5.74) is 2.36. The predicted octanol–water partition coefficient (Wildman–Crippen LogP) is 3.90. The average molecular weight is 259 g/mol. The van der Waals surface area contributed by atoms with Gasteiger partial charge in [-0.1, -0.05) is 17.7 Å². The summed E-state index contributed by atoms with van der Waals surface area (Å²) < 4.78 is 3.22. The number of halogens is 2. The predicted molar refractivity (Wildman–Crippen MR) is 60.4 cm³/mol. The molecule has 0 aliphatic rings. The minimum Gasteiger partial charge on any atom is -0.347 e. The van der Waals surface area contributed by atoms with Gasteiger partial charge in [-0.15, -0.1) is 0 Å². The summed E-state index contributed by atoms with van der Waals surface area (Å²) in [6.45, 7) is 2.07. The average Bonchev–Trinajstić information content (AvgIpc) is 2.33. The molecular weight excluding hydrogens is 249 g/mol. The Morgan fingerprint density at radius 1 is 1.38 bits per heavy atom. The first-order chi connectivity index (χ1) is 6.13. The normalized spacial score (nSPS) is 11.1. The van der Waals surface area contributed by atoms with Crippen molar-refractivity contribution in [2.24, 2.45) is 7.05 Å². The van der Waals surface area contributed by atoms with E-state index in [2.05, 4.69) is 33.5 Å². The lowest BCUT2D eigenvalue weighted by Crippen LogP contribution is -1.88. The molecule has 0 atom stereocenters. The second-order valence-electron chi connectivity index (χ2n) is 3.09. The molecule has 0 aliphatic heterocycles. The van der Waals surface area contributed by atoms with Gasteiger partial charge in [-0.05, 0) is 35.0 Å². The summed E-state index contributed by atoms with van der Waals surface area (Å²) in [6.07, 6.45) is 0. The third-order valence-corrected chi connectivity index (χ3v) is 3.68. The van der Waals surface area contributed by atoms with E-state index in [0.29, 0.717) is 0 Å². The van der Waals surface area contributed by atoms with Crippen molar-refractivity contribution in [2.75, 3.05) is 0 Å². The summed E-state index contributed by atoms with van der Waals surface area (Å²) in [7, 11) is 2.04. The van der Waals surface area contributed by atoms with Crippen LogP contribution in [0.4, 0.5) is 0 Å². The van der Waals surface area contributed by atoms with Crippen LogP contribution in [0.2, 0.25) is 5.02 Å². The molecule has 1 aromatic heterocycles. The zero-order valence-corrected chi connectivity index (χ0v) is 9.78. The van der Waals surface area contributed by atoms with E-state index in [4.69, 9.17) is 11.6 Å². The SMILES string of the molecule is Cc1c(Br)c2c(Cl)cccc2n1C. The van der Waals surface area contributed by atoms with Crippen LogP contribution in [-0.4, -0.2) is 4.57 Å². The van der Waals surface area contributed by atoms with Gasteiger partial charge >= 0.3 is 0 Å². The first kappa shape index (κ1) is 9.10. The highest BCUT2D eigenvalue weighted by Crippen LogP contribution is 2.34. The van der Waals surface area contributed by atoms with Crippen LogP contribution in [0, 0.1) is 6.92 Å². The molecule has 0 radical (unpaired) electrons. The largest absolute Gasteiger partial charge is 0.347 e. The molecule has 0 amide bonds. The van der Waals surface area contributed by atoms with Crippen LogP contribution in [0.1, 0.15) is 5.69 Å². The van der Waals surface area contributed by atoms with Gasteiger partial charge in [-0.25, -0.2) is 0 Å². The minimum atomic E-state index is 0.799. The molecule has 1 heterocycles. The van der Waals surface area contributed by atoms with Crippen molar-refractivity contribution in [3.8, 4) is 0 Å². The van der Waals surface area contributed by atoms with Crippen molar-refractivity contribution in [2.45, 2.75) is 6.92 Å². The molecule has 68 valence electrons. The fourth-order valence-electron chi connectivity index (χ4n) is 1.52. The third kappa shape index (κ3) is 1.20. The lowest BCUT2D eigenvalue weighted by atomic mass is 10.2. The number of rotatable bonds is 0. The summed E-state index contributed by atoms with van der Waals surface area (Å²) >= 11 is 9.65. The van der Waals surface area contributed by atoms with Gasteiger partial charge in [0.05, 0.1) is 10.5 Å². The molecule has 1 aromatic carbocycles. The van der Waals surface area contributed by atoms with Crippen molar-refractivity contribution < 1.29 is 0 Å². The van der Waals surface area contributed by atoms with E-state index in [-0.39, 0.29) is 0 Å². The number of aromatic nitrogens is 1. The van der Waals surface area contributed by atoms with E-state index < -0.39 is 0 Å². The van der Waals surface area contributed by atoms with Crippen LogP contribution in [0.15, 0.2) is 22.7 Å². The van der Waals surface area contributed by atoms with E-state index in [0.717, 1.165) is 20.4 Å². The Balaban J connectivity index is 3.03. The van der Waals surface area contributed by atoms with Crippen molar-refractivity contribution in [1.82, 2.24) is 4.57 Å². The van der Waals surface area contributed by atoms with Gasteiger partial charge in [0.25, 0.3) is 0 Å². The van der Waals surface area contributed by atoms with Gasteiger partial charge in [0.2, 0.25) is 0 Å². The fourth-order valence-corrected chi connectivity index (χ4v) is 2.58. The number of fused-ring (bicyclic) bond motifs is 1. The Morgan fingerprint density at radius 2 is 2.08 bits per heavy atom. The lowest BCUT2D eigenvalue weighted by Gasteiger charge is -1.97. The van der Waals surface area contributed by atoms with Crippen LogP contribution in [-0.2, 0) is 7.05 Å². The molecule has 2 rings (SSSR count). The monoisotopic (exact) mass is 257 g/mol. The topological polar surface area (TPSA) is 4.93 Å². The molecule has 0 saturated carbocycles. The van der Waals surface area contributed by atoms with E-state index in [1.54, 1.807) is 0 Å². The van der Waals surface area contributed by atoms with Gasteiger partial charge in [0.1, 0.15) is 0 Å². The summed E-state index contributed by atoms with van der Waals surface area (Å²) in [6, 6.07) is 5.95. The van der Waals surface area contributed by atoms with Gasteiger partial charge in [-0.3, -0.25) is 0 Å². The number of hydrogen-bond acceptors (Lipinski definition) is 0. The number of benzene rings is 1. The van der Waals surface area contributed by atoms with Crippen LogP contribution < -0.4 is 0 Å². The molecule has 0 aliphatic carbocycles. The zero-order chi connectivity index (χ0) is 9.59. The van der Waals surface area contributed by atoms with Crippen LogP contribution in [0.25, 0.3) is 10.9 Å². The molecular formula is C10H9BrClN. The first-order valence-electron chi connectivity index (χ1n) is 4.02. The smallest absolute Gasteiger partial charge is 0.0511 e. The standard InChI is InChI=1S/C10H9BrClN/c1-6-10(11)9-7(12)4-3-5-8(9)13(6)2/h3-5H,1-2H3. The van der Waals surface area contributed by atoms with Gasteiger partial charge in [-0.2, -0.15) is 0 Å². The lowest BCUT2D eigenvalue weighted by molar-refractivity contribution is 0.914. The maximum absolute atomic E-state index is 6.10. The van der Waals surface area contributed by atoms with Gasteiger partial charge < -0.3 is 4.57 Å². The highest BCUT2D eigenvalue weighted by atomic mass is 79.9. The maximum atomic E-state index is 6.10. The highest BCUT2D eigenvalue weighted by molar-refractivity contribution is 9.10. The zero-order valence-electron chi connectivity index (χ0n) is 7.44. The first-order valence-corrected chi connectivity index (χ1v) is 5.19. The second kappa shape index (κ2) is 3.03. The molecule has 0 fully saturated rings. The van der Waals surface area contributed by atoms with Crippen LogP contribution in [0.3, 0.4) is 0 Å². The number of nitrogens with zero attached hydrogens (tertiary/aromatic N) is 1. The minimum absolute atomic E-state index is 0.799. The second-order valence-corrected chi connectivity index (χ2v) is 4.29. The quantitative estimate of drug-likeness (QED) is 0.675. The molecule has 1 nitrogen and oxygen atoms in total. The Morgan fingerprint density at radius 3 is 2.69 bits per heavy atom. The molecule has 0 unspecified atom stereocenters. The summed E-state index contributed by atoms with van der Waals surface area (Å²) in [4.78, 5) is 0. The highest BCUT2D eigenvalue weighted by Gasteiger charge is 2.11. The summed E-state index contributed by atoms with van der Waals surface area (Å²) in [5.74, 6) is 0. The van der Waals surface area contributed by atoms with Gasteiger partial charge in [0, 0.05) is 22.6 Å². The molecule has 0 spiro atoms. The number of hydrogen-bond donors (Lipinski definition) is 0. The van der Waals surface area contributed by atoms with E-state index >= 15 is 0 Å². The Kier molecular flexibility index (Phi) is 2.12. The van der Waals surface area contributed by atoms with E-state index in [1.165, 1.54) is 5.69 Å². The molecule has 0 bridgehead atoms. The summed E-state index contributed by atoms with van der Waals surface area (Å²) in [5, 5.41) is 1.90. The van der Waals surface area contributed by atoms with Gasteiger partial charge in [0.15, 0.2) is 0 Å². The molecule has 0 saturated heterocycles. The molecule has 2 aromatic rings. The molecule has 3 heteroatoms. The third-order valence-electron chi connectivity index (χ3n) is 2.39. The Bertz CT molecular complexity index is 473. The van der Waals surface area contributed by atoms with Crippen molar-refractivity contribution in [3.63, 3.8) is 0 Å². The van der Waals surface area contributed by atoms with Crippen molar-refractivity contribution in [3.05, 3.63) is 33.4 Å². The Labute approximate surface area is 90.4 Å². The van der Waals surface area contributed by atoms with Crippen LogP contribution in [0.5, 0.6) is 0 Å². The number of aryl methyl sites for hydroxylation is 1. The van der Waals surface area contributed by atoms with Crippen molar-refractivity contribution >= 4 is 38.4 Å². The van der Waals surface area contributed by atoms with E-state index in [9.17, 15) is 0 Å². The van der Waals surface area contributed by atoms with Crippen LogP contribution >= 0.6 is 27.5 Å².